The van der Waals surface area contributed by atoms with Gasteiger partial charge in [-0.3, -0.25) is 0 Å². The summed E-state index contributed by atoms with van der Waals surface area (Å²) in [4.78, 5) is 0. The van der Waals surface area contributed by atoms with Crippen LogP contribution in [-0.2, 0) is 0 Å². The highest BCUT2D eigenvalue weighted by Gasteiger charge is 2.25. The lowest BCUT2D eigenvalue weighted by Crippen LogP contribution is -2.25. The molecule has 5 nitrogen and oxygen atoms in total. The molecule has 0 radical (unpaired) electrons. The molecule has 0 aromatic carbocycles. The van der Waals surface area contributed by atoms with E-state index in [0.29, 0.717) is 23.7 Å². The first-order valence-corrected chi connectivity index (χ1v) is 5.43. The maximum Gasteiger partial charge on any atom is 0.244 e. The summed E-state index contributed by atoms with van der Waals surface area (Å²) < 4.78 is 5.41. The Kier molecular flexibility index (Phi) is 3.02. The monoisotopic (exact) mass is 211 g/mol. The van der Waals surface area contributed by atoms with Crippen molar-refractivity contribution in [2.24, 2.45) is 5.73 Å². The molecule has 84 valence electrons. The Hall–Kier alpha value is -0.940. The smallest absolute Gasteiger partial charge is 0.244 e. The molecule has 1 aliphatic carbocycles. The first-order chi connectivity index (χ1) is 7.16. The largest absolute Gasteiger partial charge is 0.422 e. The fourth-order valence-corrected chi connectivity index (χ4v) is 1.95. The minimum absolute atomic E-state index is 0.305. The second-order valence-electron chi connectivity index (χ2n) is 4.27. The highest BCUT2D eigenvalue weighted by atomic mass is 16.4. The van der Waals surface area contributed by atoms with Crippen LogP contribution in [0.15, 0.2) is 4.42 Å². The van der Waals surface area contributed by atoms with Gasteiger partial charge < -0.3 is 15.3 Å². The molecule has 1 saturated carbocycles. The summed E-state index contributed by atoms with van der Waals surface area (Å²) in [6.07, 6.45) is 3.34. The number of aromatic nitrogens is 2. The van der Waals surface area contributed by atoms with Crippen LogP contribution in [0.1, 0.15) is 56.4 Å². The molecule has 1 heterocycles. The number of nitrogens with zero attached hydrogens (tertiary/aromatic N) is 2. The number of aliphatic hydroxyl groups excluding tert-OH is 1. The third kappa shape index (κ3) is 2.35. The fourth-order valence-electron chi connectivity index (χ4n) is 1.95. The summed E-state index contributed by atoms with van der Waals surface area (Å²) >= 11 is 0. The van der Waals surface area contributed by atoms with E-state index in [2.05, 4.69) is 10.2 Å². The van der Waals surface area contributed by atoms with E-state index in [1.54, 1.807) is 6.92 Å². The van der Waals surface area contributed by atoms with Crippen LogP contribution >= 0.6 is 0 Å². The van der Waals surface area contributed by atoms with Gasteiger partial charge in [0, 0.05) is 12.0 Å². The Morgan fingerprint density at radius 1 is 1.33 bits per heavy atom. The summed E-state index contributed by atoms with van der Waals surface area (Å²) in [5.41, 5.74) is 5.82. The molecule has 5 heteroatoms. The SMILES string of the molecule is C[C@@H](O)c1nnc(C2CCC(N)CC2)o1. The lowest BCUT2D eigenvalue weighted by Gasteiger charge is -2.23. The van der Waals surface area contributed by atoms with Crippen molar-refractivity contribution in [1.82, 2.24) is 10.2 Å². The molecule has 0 bridgehead atoms. The topological polar surface area (TPSA) is 85.2 Å². The average molecular weight is 211 g/mol. The lowest BCUT2D eigenvalue weighted by atomic mass is 9.86. The molecule has 3 N–H and O–H groups in total. The zero-order valence-electron chi connectivity index (χ0n) is 8.89. The summed E-state index contributed by atoms with van der Waals surface area (Å²) in [5.74, 6) is 1.28. The van der Waals surface area contributed by atoms with Gasteiger partial charge in [-0.05, 0) is 32.6 Å². The van der Waals surface area contributed by atoms with Crippen LogP contribution in [0.3, 0.4) is 0 Å². The van der Waals surface area contributed by atoms with E-state index >= 15 is 0 Å². The zero-order valence-corrected chi connectivity index (χ0v) is 8.89. The highest BCUT2D eigenvalue weighted by Crippen LogP contribution is 2.31. The lowest BCUT2D eigenvalue weighted by molar-refractivity contribution is 0.158. The molecule has 0 spiro atoms. The fraction of sp³-hybridized carbons (Fsp3) is 0.800. The Labute approximate surface area is 88.7 Å². The van der Waals surface area contributed by atoms with Gasteiger partial charge in [0.15, 0.2) is 0 Å². The second-order valence-corrected chi connectivity index (χ2v) is 4.27. The van der Waals surface area contributed by atoms with Gasteiger partial charge in [0.05, 0.1) is 0 Å². The van der Waals surface area contributed by atoms with E-state index in [-0.39, 0.29) is 0 Å². The first-order valence-electron chi connectivity index (χ1n) is 5.43. The summed E-state index contributed by atoms with van der Waals surface area (Å²) in [5, 5.41) is 17.0. The van der Waals surface area contributed by atoms with Crippen LogP contribution in [0, 0.1) is 0 Å². The van der Waals surface area contributed by atoms with E-state index in [1.165, 1.54) is 0 Å². The third-order valence-electron chi connectivity index (χ3n) is 2.93. The van der Waals surface area contributed by atoms with Crippen LogP contribution in [0.4, 0.5) is 0 Å². The number of aliphatic hydroxyl groups is 1. The predicted octanol–water partition coefficient (Wildman–Crippen LogP) is 1.11. The summed E-state index contributed by atoms with van der Waals surface area (Å²) in [7, 11) is 0. The van der Waals surface area contributed by atoms with Gasteiger partial charge in [0.1, 0.15) is 6.10 Å². The van der Waals surface area contributed by atoms with Crippen molar-refractivity contribution in [2.75, 3.05) is 0 Å². The molecule has 2 rings (SSSR count). The molecule has 1 atom stereocenters. The van der Waals surface area contributed by atoms with E-state index in [0.717, 1.165) is 25.7 Å². The quantitative estimate of drug-likeness (QED) is 0.765. The standard InChI is InChI=1S/C10H17N3O2/c1-6(14)9-12-13-10(15-9)7-2-4-8(11)5-3-7/h6-8,14H,2-5,11H2,1H3/t6-,7?,8?/m1/s1. The van der Waals surface area contributed by atoms with Gasteiger partial charge in [-0.1, -0.05) is 0 Å². The van der Waals surface area contributed by atoms with Gasteiger partial charge in [-0.15, -0.1) is 10.2 Å². The normalized spacial score (nSPS) is 29.0. The molecule has 0 aliphatic heterocycles. The second kappa shape index (κ2) is 4.28. The molecule has 0 amide bonds. The summed E-state index contributed by atoms with van der Waals surface area (Å²) in [6.45, 7) is 1.62. The van der Waals surface area contributed by atoms with Gasteiger partial charge in [0.25, 0.3) is 0 Å². The Balaban J connectivity index is 2.03. The van der Waals surface area contributed by atoms with Gasteiger partial charge in [0.2, 0.25) is 11.8 Å². The van der Waals surface area contributed by atoms with E-state index in [1.807, 2.05) is 0 Å². The van der Waals surface area contributed by atoms with Crippen LogP contribution in [0.2, 0.25) is 0 Å². The molecule has 1 aromatic heterocycles. The number of hydrogen-bond acceptors (Lipinski definition) is 5. The van der Waals surface area contributed by atoms with Crippen LogP contribution in [-0.4, -0.2) is 21.3 Å². The van der Waals surface area contributed by atoms with Crippen molar-refractivity contribution < 1.29 is 9.52 Å². The number of rotatable bonds is 2. The minimum Gasteiger partial charge on any atom is -0.422 e. The van der Waals surface area contributed by atoms with E-state index in [4.69, 9.17) is 10.2 Å². The average Bonchev–Trinajstić information content (AvgIpc) is 2.68. The van der Waals surface area contributed by atoms with Crippen molar-refractivity contribution in [2.45, 2.75) is 50.7 Å². The van der Waals surface area contributed by atoms with Crippen molar-refractivity contribution in [1.29, 1.82) is 0 Å². The van der Waals surface area contributed by atoms with E-state index < -0.39 is 6.10 Å². The number of hydrogen-bond donors (Lipinski definition) is 2. The third-order valence-corrected chi connectivity index (χ3v) is 2.93. The maximum absolute atomic E-state index is 9.26. The predicted molar refractivity (Wildman–Crippen MR) is 54.1 cm³/mol. The van der Waals surface area contributed by atoms with E-state index in [9.17, 15) is 5.11 Å². The van der Waals surface area contributed by atoms with Crippen molar-refractivity contribution in [3.8, 4) is 0 Å². The first kappa shape index (κ1) is 10.6. The molecule has 1 aromatic rings. The van der Waals surface area contributed by atoms with Gasteiger partial charge >= 0.3 is 0 Å². The number of nitrogens with two attached hydrogens (primary N) is 1. The molecule has 1 aliphatic rings. The molecule has 0 saturated heterocycles. The van der Waals surface area contributed by atoms with Crippen LogP contribution in [0.5, 0.6) is 0 Å². The van der Waals surface area contributed by atoms with Crippen LogP contribution < -0.4 is 5.73 Å². The van der Waals surface area contributed by atoms with Gasteiger partial charge in [-0.25, -0.2) is 0 Å². The Morgan fingerprint density at radius 3 is 2.53 bits per heavy atom. The molecule has 0 unspecified atom stereocenters. The minimum atomic E-state index is -0.683. The Morgan fingerprint density at radius 2 is 2.00 bits per heavy atom. The molecule has 1 fully saturated rings. The highest BCUT2D eigenvalue weighted by molar-refractivity contribution is 4.95. The Bertz CT molecular complexity index is 316. The molecular formula is C10H17N3O2. The van der Waals surface area contributed by atoms with Crippen LogP contribution in [0.25, 0.3) is 0 Å². The maximum atomic E-state index is 9.26. The molecular weight excluding hydrogens is 194 g/mol. The molecule has 15 heavy (non-hydrogen) atoms. The van der Waals surface area contributed by atoms with Gasteiger partial charge in [-0.2, -0.15) is 0 Å². The zero-order chi connectivity index (χ0) is 10.8. The summed E-state index contributed by atoms with van der Waals surface area (Å²) in [6, 6.07) is 0.320. The van der Waals surface area contributed by atoms with Crippen molar-refractivity contribution >= 4 is 0 Å². The van der Waals surface area contributed by atoms with Crippen molar-refractivity contribution in [3.63, 3.8) is 0 Å². The van der Waals surface area contributed by atoms with Crippen molar-refractivity contribution in [3.05, 3.63) is 11.8 Å².